The number of hydrogen-bond acceptors (Lipinski definition) is 12. The van der Waals surface area contributed by atoms with Crippen LogP contribution in [0.25, 0.3) is 102 Å². The second-order valence-electron chi connectivity index (χ2n) is 25.3. The summed E-state index contributed by atoms with van der Waals surface area (Å²) in [6.45, 7) is 0. The Morgan fingerprint density at radius 3 is 0.865 bits per heavy atom. The summed E-state index contributed by atoms with van der Waals surface area (Å²) in [6, 6.07) is 43.9. The number of imidazole rings is 3. The minimum absolute atomic E-state index is 0.368. The minimum Gasteiger partial charge on any atom is -0.366 e. The number of primary amides is 3. The molecule has 9 aromatic heterocycles. The lowest BCUT2D eigenvalue weighted by Crippen LogP contribution is -2.10. The van der Waals surface area contributed by atoms with Gasteiger partial charge in [-0.25, -0.2) is 28.1 Å². The van der Waals surface area contributed by atoms with Crippen molar-refractivity contribution in [2.45, 2.75) is 93.7 Å². The van der Waals surface area contributed by atoms with Crippen LogP contribution in [0.4, 0.5) is 13.2 Å². The Morgan fingerprint density at radius 2 is 0.615 bits per heavy atom. The highest BCUT2D eigenvalue weighted by molar-refractivity contribution is 5.95. The lowest BCUT2D eigenvalue weighted by atomic mass is 10.0. The molecule has 6 bridgehead atoms. The average molecular weight is 1280 g/mol. The summed E-state index contributed by atoms with van der Waals surface area (Å²) in [4.78, 5) is 75.7. The number of nitrogens with two attached hydrogens (primary N) is 3. The lowest BCUT2D eigenvalue weighted by Gasteiger charge is -2.17. The summed E-state index contributed by atoms with van der Waals surface area (Å²) in [6.07, 6.45) is 19.3. The third kappa shape index (κ3) is 10.7. The van der Waals surface area contributed by atoms with Crippen LogP contribution in [0.5, 0.6) is 0 Å². The molecule has 3 saturated carbocycles. The number of halogens is 3. The van der Waals surface area contributed by atoms with E-state index < -0.39 is 17.7 Å². The van der Waals surface area contributed by atoms with Gasteiger partial charge in [-0.15, -0.1) is 0 Å². The highest BCUT2D eigenvalue weighted by atomic mass is 19.1. The van der Waals surface area contributed by atoms with Gasteiger partial charge in [0.25, 0.3) is 0 Å². The molecule has 474 valence electrons. The molecule has 3 aromatic carbocycles. The second kappa shape index (κ2) is 24.1. The molecular weight excluding hydrogens is 1220 g/mol. The highest BCUT2D eigenvalue weighted by Gasteiger charge is 2.44. The Labute approximate surface area is 548 Å². The number of amides is 3. The first-order valence-electron chi connectivity index (χ1n) is 32.1. The third-order valence-electron chi connectivity index (χ3n) is 19.6. The van der Waals surface area contributed by atoms with E-state index in [1.54, 1.807) is 73.2 Å². The molecular formula is C75H60F3N15O3. The van der Waals surface area contributed by atoms with Crippen molar-refractivity contribution in [3.8, 4) is 102 Å². The summed E-state index contributed by atoms with van der Waals surface area (Å²) in [5.74, 6) is 2.22. The molecule has 21 heteroatoms. The van der Waals surface area contributed by atoms with Gasteiger partial charge >= 0.3 is 0 Å². The molecule has 0 radical (unpaired) electrons. The Hall–Kier alpha value is -11.6. The van der Waals surface area contributed by atoms with Crippen LogP contribution < -0.4 is 17.2 Å². The number of hydrogen-bond donors (Lipinski definition) is 3. The maximum Gasteiger partial charge on any atom is 0.248 e. The molecule has 0 saturated heterocycles. The molecule has 6 aliphatic rings. The number of nitrogens with zero attached hydrogens (tertiary/aromatic N) is 12. The first kappa shape index (κ1) is 59.4. The van der Waals surface area contributed by atoms with Gasteiger partial charge in [-0.05, 0) is 167 Å². The van der Waals surface area contributed by atoms with E-state index in [9.17, 15) is 27.6 Å². The van der Waals surface area contributed by atoms with Crippen LogP contribution in [0, 0.1) is 17.5 Å². The monoisotopic (exact) mass is 1280 g/mol. The van der Waals surface area contributed by atoms with Crippen molar-refractivity contribution < 1.29 is 27.6 Å². The molecule has 3 fully saturated rings. The van der Waals surface area contributed by atoms with Gasteiger partial charge in [0, 0.05) is 105 Å². The van der Waals surface area contributed by atoms with Crippen molar-refractivity contribution in [1.82, 2.24) is 58.6 Å². The van der Waals surface area contributed by atoms with E-state index in [1.807, 2.05) is 72.8 Å². The molecule has 12 aromatic rings. The quantitative estimate of drug-likeness (QED) is 0.103. The molecule has 96 heavy (non-hydrogen) atoms. The predicted molar refractivity (Wildman–Crippen MR) is 355 cm³/mol. The topological polar surface area (TPSA) is 260 Å². The van der Waals surface area contributed by atoms with Gasteiger partial charge in [0.1, 0.15) is 52.0 Å². The van der Waals surface area contributed by atoms with Crippen LogP contribution in [0.3, 0.4) is 0 Å². The van der Waals surface area contributed by atoms with E-state index in [0.29, 0.717) is 69.7 Å². The third-order valence-corrected chi connectivity index (χ3v) is 19.6. The number of fused-ring (bicyclic) bond motifs is 15. The van der Waals surface area contributed by atoms with Crippen molar-refractivity contribution in [2.75, 3.05) is 0 Å². The summed E-state index contributed by atoms with van der Waals surface area (Å²) in [5.41, 5.74) is 32.8. The normalized spacial score (nSPS) is 18.7. The van der Waals surface area contributed by atoms with Crippen LogP contribution in [0.2, 0.25) is 0 Å². The SMILES string of the molecule is NC(=O)c1ccc(-c2cc(-c3c(-c4ccc(F)cn4)nc4n3C3CCC4C3)ccn2)cc1.NC(=O)c1ccc(-c2cc(-c3c(-c4ccc(F)cn4)nc4n3[C@@H]3CC[C@H]4C3)ccn2)cc1.NC(=O)c1ccc(-c2cc(-c3c(-c4ccc(F)cn4)nc4n3[C@H]3CC[C@@H]4C3)ccn2)cc1. The Balaban J connectivity index is 0.000000113. The molecule has 2 unspecified atom stereocenters. The predicted octanol–water partition coefficient (Wildman–Crippen LogP) is 14.2. The zero-order chi connectivity index (χ0) is 65.5. The van der Waals surface area contributed by atoms with Crippen LogP contribution in [-0.4, -0.2) is 76.3 Å². The second-order valence-corrected chi connectivity index (χ2v) is 25.3. The van der Waals surface area contributed by atoms with Crippen molar-refractivity contribution in [3.05, 3.63) is 234 Å². The fraction of sp³-hybridized carbons (Fsp3) is 0.200. The van der Waals surface area contributed by atoms with Gasteiger partial charge in [-0.3, -0.25) is 44.3 Å². The first-order valence-corrected chi connectivity index (χ1v) is 32.1. The smallest absolute Gasteiger partial charge is 0.248 e. The maximum absolute atomic E-state index is 13.5. The van der Waals surface area contributed by atoms with Gasteiger partial charge in [0.05, 0.1) is 69.8 Å². The van der Waals surface area contributed by atoms with Crippen LogP contribution in [-0.2, 0) is 0 Å². The van der Waals surface area contributed by atoms with E-state index in [1.165, 1.54) is 36.8 Å². The van der Waals surface area contributed by atoms with E-state index in [-0.39, 0.29) is 17.5 Å². The summed E-state index contributed by atoms with van der Waals surface area (Å²) < 4.78 is 47.6. The van der Waals surface area contributed by atoms with E-state index in [2.05, 4.69) is 43.6 Å². The standard InChI is InChI=1S/3C25H20FN5O/c3*26-18-6-8-20(29-13-18)22-23(31-19-7-5-17(11-19)25(31)30-22)16-9-10-28-21(12-16)14-1-3-15(4-2-14)24(27)32/h3*1-4,6,8-10,12-13,17,19H,5,7,11H2,(H2,27,32)/t2*17-,19+;/m10./s1. The zero-order valence-corrected chi connectivity index (χ0v) is 51.6. The van der Waals surface area contributed by atoms with Crippen LogP contribution >= 0.6 is 0 Å². The average Bonchev–Trinajstić information content (AvgIpc) is 1.59. The Morgan fingerprint density at radius 1 is 0.333 bits per heavy atom. The van der Waals surface area contributed by atoms with Gasteiger partial charge in [-0.2, -0.15) is 0 Å². The highest BCUT2D eigenvalue weighted by Crippen LogP contribution is 2.55. The Kier molecular flexibility index (Phi) is 14.9. The number of carbonyl (C=O) groups is 3. The lowest BCUT2D eigenvalue weighted by molar-refractivity contribution is 0.0992. The maximum atomic E-state index is 13.5. The van der Waals surface area contributed by atoms with Crippen molar-refractivity contribution >= 4 is 17.7 Å². The molecule has 6 N–H and O–H groups in total. The van der Waals surface area contributed by atoms with Gasteiger partial charge < -0.3 is 30.9 Å². The molecule has 18 rings (SSSR count). The van der Waals surface area contributed by atoms with E-state index in [0.717, 1.165) is 160 Å². The molecule has 3 amide bonds. The number of carbonyl (C=O) groups excluding carboxylic acids is 3. The molecule has 3 aliphatic carbocycles. The van der Waals surface area contributed by atoms with Crippen LogP contribution in [0.1, 0.15) is 142 Å². The zero-order valence-electron chi connectivity index (χ0n) is 51.6. The van der Waals surface area contributed by atoms with Gasteiger partial charge in [-0.1, -0.05) is 36.4 Å². The van der Waals surface area contributed by atoms with Crippen molar-refractivity contribution in [3.63, 3.8) is 0 Å². The van der Waals surface area contributed by atoms with Gasteiger partial charge in [0.15, 0.2) is 0 Å². The number of pyridine rings is 6. The molecule has 6 atom stereocenters. The Bertz CT molecular complexity index is 4530. The first-order chi connectivity index (χ1) is 46.7. The fourth-order valence-corrected chi connectivity index (χ4v) is 15.1. The molecule has 18 nitrogen and oxygen atoms in total. The van der Waals surface area contributed by atoms with Crippen molar-refractivity contribution in [1.29, 1.82) is 0 Å². The van der Waals surface area contributed by atoms with E-state index >= 15 is 0 Å². The number of benzene rings is 3. The molecule has 3 aliphatic heterocycles. The van der Waals surface area contributed by atoms with Crippen molar-refractivity contribution in [2.24, 2.45) is 17.2 Å². The summed E-state index contributed by atoms with van der Waals surface area (Å²) >= 11 is 0. The fourth-order valence-electron chi connectivity index (χ4n) is 15.1. The summed E-state index contributed by atoms with van der Waals surface area (Å²) in [5, 5.41) is 0. The van der Waals surface area contributed by atoms with Crippen LogP contribution in [0.15, 0.2) is 183 Å². The number of aromatic nitrogens is 12. The summed E-state index contributed by atoms with van der Waals surface area (Å²) in [7, 11) is 0. The minimum atomic E-state index is -0.459. The molecule has 0 spiro atoms. The molecule has 12 heterocycles. The number of rotatable bonds is 12. The van der Waals surface area contributed by atoms with E-state index in [4.69, 9.17) is 32.2 Å². The largest absolute Gasteiger partial charge is 0.366 e. The van der Waals surface area contributed by atoms with Gasteiger partial charge in [0.2, 0.25) is 17.7 Å².